The van der Waals surface area contributed by atoms with Crippen LogP contribution in [0.25, 0.3) is 0 Å². The van der Waals surface area contributed by atoms with Crippen molar-refractivity contribution in [2.45, 2.75) is 36.3 Å². The Labute approximate surface area is 133 Å². The molecule has 1 unspecified atom stereocenters. The lowest BCUT2D eigenvalue weighted by atomic mass is 9.96. The molecule has 0 spiro atoms. The van der Waals surface area contributed by atoms with Crippen LogP contribution < -0.4 is 11.2 Å². The number of aromatic nitrogens is 2. The van der Waals surface area contributed by atoms with Gasteiger partial charge >= 0.3 is 5.69 Å². The van der Waals surface area contributed by atoms with Gasteiger partial charge in [-0.15, -0.1) is 0 Å². The van der Waals surface area contributed by atoms with Gasteiger partial charge in [0.2, 0.25) is 5.82 Å². The molecule has 1 aliphatic rings. The lowest BCUT2D eigenvalue weighted by Crippen LogP contribution is -2.45. The van der Waals surface area contributed by atoms with E-state index in [1.165, 1.54) is 6.92 Å². The average molecular weight is 351 g/mol. The summed E-state index contributed by atoms with van der Waals surface area (Å²) in [5.41, 5.74) is -2.31. The molecule has 126 valence electrons. The number of halogens is 3. The summed E-state index contributed by atoms with van der Waals surface area (Å²) in [5.74, 6) is 2.96. The van der Waals surface area contributed by atoms with Crippen molar-refractivity contribution in [3.8, 4) is 11.8 Å². The number of hydrogen-bond donors (Lipinski definition) is 3. The molecule has 1 fully saturated rings. The van der Waals surface area contributed by atoms with Gasteiger partial charge in [-0.25, -0.2) is 9.18 Å². The number of aliphatic hydroxyl groups is 2. The monoisotopic (exact) mass is 350 g/mol. The van der Waals surface area contributed by atoms with Crippen LogP contribution in [0.15, 0.2) is 15.8 Å². The molecule has 1 saturated heterocycles. The van der Waals surface area contributed by atoms with Gasteiger partial charge in [-0.05, 0) is 6.92 Å². The number of aliphatic hydroxyl groups excluding tert-OH is 2. The van der Waals surface area contributed by atoms with E-state index in [2.05, 4.69) is 5.92 Å². The maximum atomic E-state index is 13.5. The molecular formula is C13H13ClF2N2O5. The van der Waals surface area contributed by atoms with Crippen molar-refractivity contribution in [2.24, 2.45) is 0 Å². The van der Waals surface area contributed by atoms with Gasteiger partial charge < -0.3 is 14.9 Å². The third-order valence-electron chi connectivity index (χ3n) is 3.39. The number of ether oxygens (including phenoxy) is 1. The highest BCUT2D eigenvalue weighted by atomic mass is 35.5. The Bertz CT molecular complexity index is 768. The topological polar surface area (TPSA) is 105 Å². The van der Waals surface area contributed by atoms with Crippen LogP contribution in [0.4, 0.5) is 8.78 Å². The molecule has 5 atom stereocenters. The fraction of sp³-hybridized carbons (Fsp3) is 0.538. The summed E-state index contributed by atoms with van der Waals surface area (Å²) < 4.78 is 31.7. The second kappa shape index (κ2) is 6.41. The maximum absolute atomic E-state index is 13.5. The fourth-order valence-electron chi connectivity index (χ4n) is 2.29. The molecule has 0 aliphatic carbocycles. The molecule has 0 amide bonds. The minimum absolute atomic E-state index is 0.539. The lowest BCUT2D eigenvalue weighted by Gasteiger charge is -2.25. The molecule has 1 aliphatic heterocycles. The molecule has 1 aromatic heterocycles. The summed E-state index contributed by atoms with van der Waals surface area (Å²) in [6.45, 7) is 0.217. The van der Waals surface area contributed by atoms with E-state index < -0.39 is 53.2 Å². The van der Waals surface area contributed by atoms with E-state index in [9.17, 15) is 28.6 Å². The second-order valence-electron chi connectivity index (χ2n) is 4.99. The highest BCUT2D eigenvalue weighted by Crippen LogP contribution is 2.43. The standard InChI is InChI=1S/C13H13ClF2N2O5/c1-6(19)8-9(20)13(14,3-2-4-15)11(23-8)18-5-7(16)10(21)17-12(18)22/h5-6,8-9,11,19-20H,4H2,1H3,(H,17,21,22)/t6-,8-,9+,11-,13?/m1/s1. The Morgan fingerprint density at radius 2 is 2.26 bits per heavy atom. The van der Waals surface area contributed by atoms with E-state index >= 15 is 0 Å². The van der Waals surface area contributed by atoms with Crippen molar-refractivity contribution < 1.29 is 23.7 Å². The minimum atomic E-state index is -2.03. The van der Waals surface area contributed by atoms with Gasteiger partial charge in [0.25, 0.3) is 5.56 Å². The Hall–Kier alpha value is -1.73. The van der Waals surface area contributed by atoms with Crippen LogP contribution in [-0.4, -0.2) is 49.6 Å². The summed E-state index contributed by atoms with van der Waals surface area (Å²) in [7, 11) is 0. The van der Waals surface area contributed by atoms with Crippen molar-refractivity contribution in [3.63, 3.8) is 0 Å². The van der Waals surface area contributed by atoms with E-state index in [0.29, 0.717) is 10.8 Å². The number of aromatic amines is 1. The second-order valence-corrected chi connectivity index (χ2v) is 5.61. The summed E-state index contributed by atoms with van der Waals surface area (Å²) in [5, 5.41) is 19.9. The van der Waals surface area contributed by atoms with Crippen LogP contribution in [-0.2, 0) is 4.74 Å². The van der Waals surface area contributed by atoms with Crippen LogP contribution in [0.3, 0.4) is 0 Å². The van der Waals surface area contributed by atoms with Gasteiger partial charge in [-0.2, -0.15) is 4.39 Å². The number of hydrogen-bond acceptors (Lipinski definition) is 5. The van der Waals surface area contributed by atoms with Crippen molar-refractivity contribution in [1.82, 2.24) is 9.55 Å². The zero-order valence-electron chi connectivity index (χ0n) is 11.8. The number of H-pyrrole nitrogens is 1. The zero-order chi connectivity index (χ0) is 17.4. The first-order valence-corrected chi connectivity index (χ1v) is 6.87. The van der Waals surface area contributed by atoms with Gasteiger partial charge in [0.15, 0.2) is 11.1 Å². The SMILES string of the molecule is C[C@@H](O)[C@H]1O[C@@H](n2cc(F)c(=O)[nH]c2=O)C(Cl)(C#CCF)[C@H]1O. The number of nitrogens with one attached hydrogen (secondary N) is 1. The van der Waals surface area contributed by atoms with Crippen molar-refractivity contribution in [1.29, 1.82) is 0 Å². The number of alkyl halides is 2. The van der Waals surface area contributed by atoms with Gasteiger partial charge in [-0.3, -0.25) is 14.3 Å². The molecule has 0 radical (unpaired) electrons. The molecule has 2 rings (SSSR count). The molecule has 1 aromatic rings. The molecular weight excluding hydrogens is 338 g/mol. The van der Waals surface area contributed by atoms with Crippen molar-refractivity contribution in [3.05, 3.63) is 32.9 Å². The van der Waals surface area contributed by atoms with E-state index in [4.69, 9.17) is 16.3 Å². The predicted molar refractivity (Wildman–Crippen MR) is 75.2 cm³/mol. The normalized spacial score (nSPS) is 31.5. The van der Waals surface area contributed by atoms with Gasteiger partial charge in [0, 0.05) is 0 Å². The van der Waals surface area contributed by atoms with Crippen LogP contribution in [0.1, 0.15) is 13.2 Å². The summed E-state index contributed by atoms with van der Waals surface area (Å²) in [6, 6.07) is 0. The van der Waals surface area contributed by atoms with Gasteiger partial charge in [0.1, 0.15) is 18.9 Å². The molecule has 23 heavy (non-hydrogen) atoms. The zero-order valence-corrected chi connectivity index (χ0v) is 12.6. The van der Waals surface area contributed by atoms with Crippen molar-refractivity contribution in [2.75, 3.05) is 6.67 Å². The first kappa shape index (κ1) is 17.6. The summed E-state index contributed by atoms with van der Waals surface area (Å²) in [6.07, 6.45) is -5.08. The van der Waals surface area contributed by atoms with E-state index in [1.807, 2.05) is 5.92 Å². The van der Waals surface area contributed by atoms with Gasteiger partial charge in [-0.1, -0.05) is 23.4 Å². The highest BCUT2D eigenvalue weighted by Gasteiger charge is 2.57. The quantitative estimate of drug-likeness (QED) is 0.481. The Kier molecular flexibility index (Phi) is 4.91. The van der Waals surface area contributed by atoms with E-state index in [-0.39, 0.29) is 0 Å². The smallest absolute Gasteiger partial charge is 0.330 e. The summed E-state index contributed by atoms with van der Waals surface area (Å²) >= 11 is 6.20. The minimum Gasteiger partial charge on any atom is -0.391 e. The first-order valence-electron chi connectivity index (χ1n) is 6.49. The third kappa shape index (κ3) is 3.03. The van der Waals surface area contributed by atoms with E-state index in [0.717, 1.165) is 0 Å². The van der Waals surface area contributed by atoms with E-state index in [1.54, 1.807) is 4.98 Å². The number of nitrogens with zero attached hydrogens (tertiary/aromatic N) is 1. The van der Waals surface area contributed by atoms with Gasteiger partial charge in [0.05, 0.1) is 12.3 Å². The summed E-state index contributed by atoms with van der Waals surface area (Å²) in [4.78, 5) is 22.6. The lowest BCUT2D eigenvalue weighted by molar-refractivity contribution is -0.0775. The van der Waals surface area contributed by atoms with Crippen LogP contribution in [0.5, 0.6) is 0 Å². The molecule has 2 heterocycles. The Morgan fingerprint density at radius 3 is 2.83 bits per heavy atom. The molecule has 10 heteroatoms. The number of rotatable bonds is 2. The molecule has 3 N–H and O–H groups in total. The van der Waals surface area contributed by atoms with Crippen LogP contribution in [0, 0.1) is 17.7 Å². The largest absolute Gasteiger partial charge is 0.391 e. The highest BCUT2D eigenvalue weighted by molar-refractivity contribution is 6.27. The molecule has 0 saturated carbocycles. The Morgan fingerprint density at radius 1 is 1.61 bits per heavy atom. The average Bonchev–Trinajstić information content (AvgIpc) is 2.74. The third-order valence-corrected chi connectivity index (χ3v) is 3.89. The van der Waals surface area contributed by atoms with Crippen LogP contribution in [0.2, 0.25) is 0 Å². The van der Waals surface area contributed by atoms with Crippen LogP contribution >= 0.6 is 11.6 Å². The predicted octanol–water partition coefficient (Wildman–Crippen LogP) is -0.735. The fourth-order valence-corrected chi connectivity index (χ4v) is 2.64. The molecule has 0 aromatic carbocycles. The Balaban J connectivity index is 2.61. The maximum Gasteiger partial charge on any atom is 0.330 e. The van der Waals surface area contributed by atoms with Crippen molar-refractivity contribution >= 4 is 11.6 Å². The first-order chi connectivity index (χ1) is 10.7. The molecule has 0 bridgehead atoms. The molecule has 7 nitrogen and oxygen atoms in total.